The maximum atomic E-state index is 12.8. The molecule has 0 aliphatic carbocycles. The lowest BCUT2D eigenvalue weighted by molar-refractivity contribution is -0.320. The first-order valence-electron chi connectivity index (χ1n) is 5.38. The molecule has 0 aromatic heterocycles. The number of carbonyl (C=O) groups is 1. The number of alkyl halides is 4. The van der Waals surface area contributed by atoms with Gasteiger partial charge in [0.05, 0.1) is 12.5 Å². The van der Waals surface area contributed by atoms with E-state index >= 15 is 0 Å². The van der Waals surface area contributed by atoms with Crippen LogP contribution in [0.15, 0.2) is 0 Å². The van der Waals surface area contributed by atoms with Crippen LogP contribution < -0.4 is 0 Å². The molecule has 0 bridgehead atoms. The number of ether oxygens (including phenoxy) is 2. The SMILES string of the molecule is CCC(C)C(=O)OCCOC(F)(F)C(F)(F)S(=O)(=O)[O-]. The molecule has 11 heteroatoms. The Hall–Kier alpha value is -0.940. The van der Waals surface area contributed by atoms with Gasteiger partial charge in [-0.25, -0.2) is 8.42 Å². The summed E-state index contributed by atoms with van der Waals surface area (Å²) in [5.41, 5.74) is 0. The second kappa shape index (κ2) is 6.68. The van der Waals surface area contributed by atoms with E-state index in [0.29, 0.717) is 6.42 Å². The molecule has 6 nitrogen and oxygen atoms in total. The van der Waals surface area contributed by atoms with Gasteiger partial charge in [0.15, 0.2) is 10.1 Å². The van der Waals surface area contributed by atoms with Gasteiger partial charge in [0.25, 0.3) is 0 Å². The molecule has 0 saturated heterocycles. The van der Waals surface area contributed by atoms with E-state index in [1.807, 2.05) is 0 Å². The largest absolute Gasteiger partial charge is 0.743 e. The van der Waals surface area contributed by atoms with Crippen molar-refractivity contribution in [2.24, 2.45) is 5.92 Å². The van der Waals surface area contributed by atoms with Crippen molar-refractivity contribution in [3.8, 4) is 0 Å². The summed E-state index contributed by atoms with van der Waals surface area (Å²) in [6.07, 6.45) is -5.10. The Kier molecular flexibility index (Phi) is 6.36. The molecule has 1 atom stereocenters. The van der Waals surface area contributed by atoms with Crippen LogP contribution in [0, 0.1) is 5.92 Å². The Morgan fingerprint density at radius 1 is 1.25 bits per heavy atom. The molecule has 0 amide bonds. The summed E-state index contributed by atoms with van der Waals surface area (Å²) in [7, 11) is -6.60. The third-order valence-electron chi connectivity index (χ3n) is 2.28. The molecule has 0 aliphatic rings. The van der Waals surface area contributed by atoms with Crippen LogP contribution in [0.4, 0.5) is 17.6 Å². The Labute approximate surface area is 112 Å². The highest BCUT2D eigenvalue weighted by atomic mass is 32.2. The van der Waals surface area contributed by atoms with E-state index in [4.69, 9.17) is 0 Å². The van der Waals surface area contributed by atoms with Crippen molar-refractivity contribution in [3.63, 3.8) is 0 Å². The number of rotatable bonds is 8. The maximum absolute atomic E-state index is 12.8. The molecule has 0 heterocycles. The van der Waals surface area contributed by atoms with Gasteiger partial charge >= 0.3 is 17.3 Å². The highest BCUT2D eigenvalue weighted by Crippen LogP contribution is 2.38. The van der Waals surface area contributed by atoms with Crippen LogP contribution >= 0.6 is 0 Å². The van der Waals surface area contributed by atoms with E-state index in [2.05, 4.69) is 9.47 Å². The van der Waals surface area contributed by atoms with Gasteiger partial charge in [-0.1, -0.05) is 13.8 Å². The first kappa shape index (κ1) is 19.1. The van der Waals surface area contributed by atoms with E-state index in [0.717, 1.165) is 0 Å². The van der Waals surface area contributed by atoms with Crippen LogP contribution in [0.25, 0.3) is 0 Å². The Morgan fingerprint density at radius 3 is 2.15 bits per heavy atom. The van der Waals surface area contributed by atoms with Crippen molar-refractivity contribution in [1.29, 1.82) is 0 Å². The molecular formula is C9H13F4O6S-. The quantitative estimate of drug-likeness (QED) is 0.289. The van der Waals surface area contributed by atoms with E-state index in [-0.39, 0.29) is 0 Å². The van der Waals surface area contributed by atoms with E-state index < -0.39 is 46.6 Å². The first-order valence-corrected chi connectivity index (χ1v) is 6.79. The molecule has 0 fully saturated rings. The smallest absolute Gasteiger partial charge is 0.433 e. The van der Waals surface area contributed by atoms with Crippen molar-refractivity contribution in [3.05, 3.63) is 0 Å². The van der Waals surface area contributed by atoms with Gasteiger partial charge in [-0.05, 0) is 6.42 Å². The molecule has 0 radical (unpaired) electrons. The molecule has 0 aliphatic heterocycles. The minimum atomic E-state index is -6.60. The molecule has 0 rings (SSSR count). The summed E-state index contributed by atoms with van der Waals surface area (Å²) in [5, 5.41) is -5.92. The van der Waals surface area contributed by atoms with Gasteiger partial charge < -0.3 is 14.0 Å². The fraction of sp³-hybridized carbons (Fsp3) is 0.889. The minimum absolute atomic E-state index is 0.419. The van der Waals surface area contributed by atoms with Gasteiger partial charge in [0, 0.05) is 0 Å². The summed E-state index contributed by atoms with van der Waals surface area (Å²) in [6.45, 7) is 1.18. The summed E-state index contributed by atoms with van der Waals surface area (Å²) in [6, 6.07) is 0. The number of esters is 1. The molecule has 1 unspecified atom stereocenters. The summed E-state index contributed by atoms with van der Waals surface area (Å²) in [4.78, 5) is 11.1. The van der Waals surface area contributed by atoms with Crippen molar-refractivity contribution in [2.75, 3.05) is 13.2 Å². The Morgan fingerprint density at radius 2 is 1.75 bits per heavy atom. The van der Waals surface area contributed by atoms with Crippen LogP contribution in [0.3, 0.4) is 0 Å². The predicted octanol–water partition coefficient (Wildman–Crippen LogP) is 1.32. The third-order valence-corrected chi connectivity index (χ3v) is 3.14. The Bertz CT molecular complexity index is 436. The summed E-state index contributed by atoms with van der Waals surface area (Å²) in [5.74, 6) is -1.26. The zero-order valence-corrected chi connectivity index (χ0v) is 11.4. The molecule has 0 aromatic rings. The van der Waals surface area contributed by atoms with Crippen molar-refractivity contribution < 1.29 is 44.8 Å². The lowest BCUT2D eigenvalue weighted by atomic mass is 10.1. The minimum Gasteiger partial charge on any atom is -0.743 e. The Balaban J connectivity index is 4.42. The molecular weight excluding hydrogens is 312 g/mol. The van der Waals surface area contributed by atoms with Crippen molar-refractivity contribution >= 4 is 16.1 Å². The van der Waals surface area contributed by atoms with Crippen LogP contribution in [0.5, 0.6) is 0 Å². The van der Waals surface area contributed by atoms with Gasteiger partial charge in [-0.15, -0.1) is 0 Å². The number of halogens is 4. The zero-order valence-electron chi connectivity index (χ0n) is 10.6. The van der Waals surface area contributed by atoms with Crippen molar-refractivity contribution in [1.82, 2.24) is 0 Å². The van der Waals surface area contributed by atoms with Crippen molar-refractivity contribution in [2.45, 2.75) is 31.6 Å². The number of carbonyl (C=O) groups excluding carboxylic acids is 1. The normalized spacial score (nSPS) is 14.9. The van der Waals surface area contributed by atoms with Crippen LogP contribution in [-0.4, -0.2) is 43.5 Å². The number of hydrogen-bond acceptors (Lipinski definition) is 6. The van der Waals surface area contributed by atoms with Gasteiger partial charge in [0.2, 0.25) is 0 Å². The van der Waals surface area contributed by atoms with Crippen LogP contribution in [-0.2, 0) is 24.4 Å². The average Bonchev–Trinajstić information content (AvgIpc) is 2.31. The monoisotopic (exact) mass is 325 g/mol. The number of hydrogen-bond donors (Lipinski definition) is 0. The lowest BCUT2D eigenvalue weighted by Crippen LogP contribution is -2.49. The van der Waals surface area contributed by atoms with Gasteiger partial charge in [-0.3, -0.25) is 4.79 Å². The average molecular weight is 325 g/mol. The van der Waals surface area contributed by atoms with Crippen LogP contribution in [0.2, 0.25) is 0 Å². The third kappa shape index (κ3) is 4.56. The summed E-state index contributed by atoms with van der Waals surface area (Å²) >= 11 is 0. The maximum Gasteiger partial charge on any atom is 0.433 e. The molecule has 120 valence electrons. The van der Waals surface area contributed by atoms with Gasteiger partial charge in [-0.2, -0.15) is 17.6 Å². The molecule has 0 aromatic carbocycles. The van der Waals surface area contributed by atoms with E-state index in [1.165, 1.54) is 6.92 Å². The second-order valence-electron chi connectivity index (χ2n) is 3.81. The molecule has 0 spiro atoms. The van der Waals surface area contributed by atoms with Crippen LogP contribution in [0.1, 0.15) is 20.3 Å². The zero-order chi connectivity index (χ0) is 16.2. The molecule has 0 saturated carbocycles. The standard InChI is InChI=1S/C9H14F4O6S/c1-3-6(2)7(14)18-4-5-19-8(10,11)9(12,13)20(15,16)17/h6H,3-5H2,1-2H3,(H,15,16,17)/p-1. The second-order valence-corrected chi connectivity index (χ2v) is 5.23. The summed E-state index contributed by atoms with van der Waals surface area (Å²) < 4.78 is 88.5. The van der Waals surface area contributed by atoms with E-state index in [1.54, 1.807) is 6.92 Å². The molecule has 0 N–H and O–H groups in total. The van der Waals surface area contributed by atoms with Gasteiger partial charge in [0.1, 0.15) is 6.61 Å². The predicted molar refractivity (Wildman–Crippen MR) is 56.0 cm³/mol. The fourth-order valence-corrected chi connectivity index (χ4v) is 1.20. The lowest BCUT2D eigenvalue weighted by Gasteiger charge is -2.27. The highest BCUT2D eigenvalue weighted by molar-refractivity contribution is 7.86. The van der Waals surface area contributed by atoms with E-state index in [9.17, 15) is 35.3 Å². The molecule has 20 heavy (non-hydrogen) atoms. The topological polar surface area (TPSA) is 92.7 Å². The fourth-order valence-electron chi connectivity index (χ4n) is 0.851. The first-order chi connectivity index (χ1) is 8.87. The highest BCUT2D eigenvalue weighted by Gasteiger charge is 2.63.